The van der Waals surface area contributed by atoms with Crippen molar-refractivity contribution < 1.29 is 9.53 Å². The van der Waals surface area contributed by atoms with Crippen molar-refractivity contribution in [3.05, 3.63) is 65.7 Å². The van der Waals surface area contributed by atoms with Crippen molar-refractivity contribution in [3.8, 4) is 5.75 Å². The summed E-state index contributed by atoms with van der Waals surface area (Å²) in [5.41, 5.74) is 1.68. The molecule has 1 aliphatic heterocycles. The third kappa shape index (κ3) is 1.86. The number of rotatable bonds is 1. The van der Waals surface area contributed by atoms with Crippen LogP contribution in [0.1, 0.15) is 22.3 Å². The van der Waals surface area contributed by atoms with E-state index in [1.54, 1.807) is 0 Å². The van der Waals surface area contributed by atoms with Crippen LogP contribution in [0.2, 0.25) is 0 Å². The third-order valence-electron chi connectivity index (χ3n) is 3.09. The monoisotopic (exact) mass is 304 g/mol. The molecule has 3 heteroatoms. The van der Waals surface area contributed by atoms with Gasteiger partial charge in [-0.3, -0.25) is 0 Å². The summed E-state index contributed by atoms with van der Waals surface area (Å²) < 4.78 is 5.40. The minimum atomic E-state index is -0.625. The number of fused-ring (bicyclic) bond motifs is 1. The summed E-state index contributed by atoms with van der Waals surface area (Å²) in [5.74, 6) is 0.791. The number of benzene rings is 2. The van der Waals surface area contributed by atoms with E-state index in [0.29, 0.717) is 17.7 Å². The first kappa shape index (κ1) is 11.5. The quantitative estimate of drug-likeness (QED) is 0.756. The standard InChI is InChI=1S/C15H12O2Se/c16-13-10-15(18,11-6-2-1-3-7-11)17-14-9-5-4-8-12(13)14/h1-9,18H,10H2. The van der Waals surface area contributed by atoms with Crippen LogP contribution >= 0.6 is 0 Å². The second-order valence-corrected chi connectivity index (χ2v) is 5.86. The van der Waals surface area contributed by atoms with Gasteiger partial charge in [-0.2, -0.15) is 0 Å². The van der Waals surface area contributed by atoms with Crippen LogP contribution in [-0.2, 0) is 4.50 Å². The summed E-state index contributed by atoms with van der Waals surface area (Å²) in [6, 6.07) is 17.2. The number of hydrogen-bond acceptors (Lipinski definition) is 2. The average molecular weight is 303 g/mol. The molecular formula is C15H12O2Se. The van der Waals surface area contributed by atoms with Gasteiger partial charge in [-0.1, -0.05) is 0 Å². The zero-order valence-corrected chi connectivity index (χ0v) is 11.5. The summed E-state index contributed by atoms with van der Waals surface area (Å²) in [6.45, 7) is 0. The van der Waals surface area contributed by atoms with Gasteiger partial charge < -0.3 is 0 Å². The van der Waals surface area contributed by atoms with Crippen molar-refractivity contribution in [2.45, 2.75) is 10.9 Å². The van der Waals surface area contributed by atoms with Crippen LogP contribution in [0.5, 0.6) is 5.75 Å². The zero-order valence-electron chi connectivity index (χ0n) is 9.67. The number of ketones is 1. The molecule has 1 unspecified atom stereocenters. The van der Waals surface area contributed by atoms with Gasteiger partial charge in [-0.05, 0) is 0 Å². The van der Waals surface area contributed by atoms with Crippen LogP contribution in [0, 0.1) is 0 Å². The predicted molar refractivity (Wildman–Crippen MR) is 71.3 cm³/mol. The molecule has 2 aromatic carbocycles. The molecule has 2 nitrogen and oxygen atoms in total. The fourth-order valence-corrected chi connectivity index (χ4v) is 3.00. The van der Waals surface area contributed by atoms with E-state index in [1.165, 1.54) is 0 Å². The van der Waals surface area contributed by atoms with Crippen molar-refractivity contribution in [1.82, 2.24) is 0 Å². The summed E-state index contributed by atoms with van der Waals surface area (Å²) in [6.07, 6.45) is 0.355. The molecule has 0 N–H and O–H groups in total. The van der Waals surface area contributed by atoms with Crippen LogP contribution in [0.15, 0.2) is 54.6 Å². The van der Waals surface area contributed by atoms with Crippen LogP contribution < -0.4 is 4.74 Å². The van der Waals surface area contributed by atoms with Crippen molar-refractivity contribution >= 4 is 21.8 Å². The van der Waals surface area contributed by atoms with Crippen LogP contribution in [-0.4, -0.2) is 21.8 Å². The Morgan fingerprint density at radius 1 is 1.00 bits per heavy atom. The molecule has 0 bridgehead atoms. The van der Waals surface area contributed by atoms with Gasteiger partial charge in [-0.25, -0.2) is 0 Å². The molecule has 1 heterocycles. The number of carbonyl (C=O) groups is 1. The number of carbonyl (C=O) groups excluding carboxylic acids is 1. The molecule has 0 saturated heterocycles. The fourth-order valence-electron chi connectivity index (χ4n) is 2.18. The molecule has 18 heavy (non-hydrogen) atoms. The molecule has 0 radical (unpaired) electrons. The summed E-state index contributed by atoms with van der Waals surface area (Å²) in [7, 11) is 0. The van der Waals surface area contributed by atoms with E-state index in [4.69, 9.17) is 4.74 Å². The maximum atomic E-state index is 12.2. The molecule has 2 aromatic rings. The molecule has 3 rings (SSSR count). The van der Waals surface area contributed by atoms with Crippen molar-refractivity contribution in [2.24, 2.45) is 0 Å². The molecule has 0 aliphatic carbocycles. The zero-order chi connectivity index (χ0) is 12.6. The van der Waals surface area contributed by atoms with Gasteiger partial charge in [0, 0.05) is 0 Å². The first-order valence-electron chi connectivity index (χ1n) is 5.78. The van der Waals surface area contributed by atoms with E-state index in [2.05, 4.69) is 16.0 Å². The van der Waals surface area contributed by atoms with Gasteiger partial charge in [0.15, 0.2) is 0 Å². The normalized spacial score (nSPS) is 22.2. The molecule has 0 saturated carbocycles. The summed E-state index contributed by atoms with van der Waals surface area (Å²) in [4.78, 5) is 12.2. The first-order chi connectivity index (χ1) is 8.69. The Balaban J connectivity index is 2.06. The van der Waals surface area contributed by atoms with E-state index >= 15 is 0 Å². The van der Waals surface area contributed by atoms with Gasteiger partial charge in [0.1, 0.15) is 0 Å². The Morgan fingerprint density at radius 2 is 1.67 bits per heavy atom. The maximum absolute atomic E-state index is 12.2. The molecule has 0 amide bonds. The number of Topliss-reactive ketones (excluding diaryl/α,β-unsaturated/α-hetero) is 1. The van der Waals surface area contributed by atoms with E-state index in [1.807, 2.05) is 54.6 Å². The fraction of sp³-hybridized carbons (Fsp3) is 0.133. The Labute approximate surface area is 114 Å². The molecule has 0 fully saturated rings. The second-order valence-electron chi connectivity index (χ2n) is 4.35. The van der Waals surface area contributed by atoms with Gasteiger partial charge >= 0.3 is 114 Å². The number of para-hydroxylation sites is 1. The topological polar surface area (TPSA) is 26.3 Å². The van der Waals surface area contributed by atoms with Crippen molar-refractivity contribution in [3.63, 3.8) is 0 Å². The number of hydrogen-bond donors (Lipinski definition) is 0. The van der Waals surface area contributed by atoms with E-state index < -0.39 is 4.50 Å². The summed E-state index contributed by atoms with van der Waals surface area (Å²) >= 11 is 2.50. The molecular weight excluding hydrogens is 291 g/mol. The van der Waals surface area contributed by atoms with Crippen molar-refractivity contribution in [2.75, 3.05) is 0 Å². The predicted octanol–water partition coefficient (Wildman–Crippen LogP) is 2.41. The Morgan fingerprint density at radius 3 is 2.44 bits per heavy atom. The average Bonchev–Trinajstić information content (AvgIpc) is 2.40. The Bertz CT molecular complexity index is 594. The second kappa shape index (κ2) is 4.27. The van der Waals surface area contributed by atoms with Gasteiger partial charge in [-0.15, -0.1) is 0 Å². The van der Waals surface area contributed by atoms with Gasteiger partial charge in [0.25, 0.3) is 0 Å². The van der Waals surface area contributed by atoms with E-state index in [-0.39, 0.29) is 5.78 Å². The molecule has 0 aromatic heterocycles. The van der Waals surface area contributed by atoms with Crippen LogP contribution in [0.25, 0.3) is 0 Å². The van der Waals surface area contributed by atoms with Crippen molar-refractivity contribution in [1.29, 1.82) is 0 Å². The Hall–Kier alpha value is -1.57. The third-order valence-corrected chi connectivity index (χ3v) is 4.16. The van der Waals surface area contributed by atoms with Gasteiger partial charge in [0.05, 0.1) is 0 Å². The van der Waals surface area contributed by atoms with Crippen LogP contribution in [0.4, 0.5) is 0 Å². The molecule has 1 aliphatic rings. The first-order valence-corrected chi connectivity index (χ1v) is 6.72. The molecule has 0 spiro atoms. The minimum absolute atomic E-state index is 0.126. The molecule has 1 atom stereocenters. The SMILES string of the molecule is O=C1CC([SeH])(c2ccccc2)Oc2ccccc21. The number of ether oxygens (including phenoxy) is 1. The van der Waals surface area contributed by atoms with Crippen LogP contribution in [0.3, 0.4) is 0 Å². The molecule has 90 valence electrons. The van der Waals surface area contributed by atoms with Gasteiger partial charge in [0.2, 0.25) is 0 Å². The summed E-state index contributed by atoms with van der Waals surface area (Å²) in [5, 5.41) is 0. The van der Waals surface area contributed by atoms with E-state index in [0.717, 1.165) is 5.56 Å². The Kier molecular flexibility index (Phi) is 2.73. The van der Waals surface area contributed by atoms with E-state index in [9.17, 15) is 4.79 Å².